The van der Waals surface area contributed by atoms with Gasteiger partial charge in [-0.25, -0.2) is 4.79 Å². The highest BCUT2D eigenvalue weighted by Crippen LogP contribution is 2.18. The summed E-state index contributed by atoms with van der Waals surface area (Å²) >= 11 is 0. The van der Waals surface area contributed by atoms with Gasteiger partial charge < -0.3 is 20.1 Å². The number of urea groups is 1. The normalized spacial score (nSPS) is 24.5. The molecular formula is C10H18N2O4. The lowest BCUT2D eigenvalue weighted by Crippen LogP contribution is -2.49. The van der Waals surface area contributed by atoms with Gasteiger partial charge in [0.15, 0.2) is 0 Å². The first-order valence-electron chi connectivity index (χ1n) is 5.27. The van der Waals surface area contributed by atoms with Crippen LogP contribution < -0.4 is 5.32 Å². The standard InChI is InChI=1S/C10H18N2O4/c1-6(2)11-10(15)12(3)8-5-16-4-7(8)9(13)14/h6-8H,4-5H2,1-3H3,(H,11,15)(H,13,14). The van der Waals surface area contributed by atoms with Crippen molar-refractivity contribution in [3.05, 3.63) is 0 Å². The van der Waals surface area contributed by atoms with Crippen molar-refractivity contribution in [1.29, 1.82) is 0 Å². The van der Waals surface area contributed by atoms with Gasteiger partial charge >= 0.3 is 12.0 Å². The van der Waals surface area contributed by atoms with Crippen molar-refractivity contribution >= 4 is 12.0 Å². The van der Waals surface area contributed by atoms with Crippen molar-refractivity contribution in [1.82, 2.24) is 10.2 Å². The van der Waals surface area contributed by atoms with Gasteiger partial charge in [-0.15, -0.1) is 0 Å². The van der Waals surface area contributed by atoms with E-state index in [-0.39, 0.29) is 25.3 Å². The largest absolute Gasteiger partial charge is 0.481 e. The highest BCUT2D eigenvalue weighted by Gasteiger charge is 2.38. The van der Waals surface area contributed by atoms with Gasteiger partial charge in [0.05, 0.1) is 19.3 Å². The minimum absolute atomic E-state index is 0.0283. The zero-order chi connectivity index (χ0) is 12.3. The molecule has 2 amide bonds. The second kappa shape index (κ2) is 5.16. The molecule has 0 saturated carbocycles. The second-order valence-electron chi connectivity index (χ2n) is 4.26. The predicted molar refractivity (Wildman–Crippen MR) is 57.2 cm³/mol. The Kier molecular flexibility index (Phi) is 4.12. The van der Waals surface area contributed by atoms with Gasteiger partial charge in [-0.3, -0.25) is 4.79 Å². The monoisotopic (exact) mass is 230 g/mol. The fourth-order valence-electron chi connectivity index (χ4n) is 1.66. The molecule has 0 radical (unpaired) electrons. The molecule has 1 saturated heterocycles. The first-order chi connectivity index (χ1) is 7.43. The molecule has 92 valence electrons. The van der Waals surface area contributed by atoms with Crippen LogP contribution >= 0.6 is 0 Å². The maximum Gasteiger partial charge on any atom is 0.317 e. The third-order valence-electron chi connectivity index (χ3n) is 2.60. The van der Waals surface area contributed by atoms with E-state index >= 15 is 0 Å². The molecule has 2 N–H and O–H groups in total. The molecule has 1 aliphatic heterocycles. The number of hydrogen-bond acceptors (Lipinski definition) is 3. The van der Waals surface area contributed by atoms with E-state index in [4.69, 9.17) is 9.84 Å². The topological polar surface area (TPSA) is 78.9 Å². The average Bonchev–Trinajstić information content (AvgIpc) is 2.63. The Morgan fingerprint density at radius 1 is 1.44 bits per heavy atom. The fraction of sp³-hybridized carbons (Fsp3) is 0.800. The molecular weight excluding hydrogens is 212 g/mol. The zero-order valence-electron chi connectivity index (χ0n) is 9.77. The number of amides is 2. The molecule has 2 unspecified atom stereocenters. The van der Waals surface area contributed by atoms with Crippen LogP contribution in [0.2, 0.25) is 0 Å². The number of nitrogens with one attached hydrogen (secondary N) is 1. The van der Waals surface area contributed by atoms with Crippen LogP contribution in [-0.2, 0) is 9.53 Å². The first kappa shape index (κ1) is 12.8. The van der Waals surface area contributed by atoms with Crippen LogP contribution in [0.5, 0.6) is 0 Å². The highest BCUT2D eigenvalue weighted by atomic mass is 16.5. The van der Waals surface area contributed by atoms with Gasteiger partial charge in [0.2, 0.25) is 0 Å². The van der Waals surface area contributed by atoms with E-state index in [9.17, 15) is 9.59 Å². The number of carboxylic acids is 1. The third-order valence-corrected chi connectivity index (χ3v) is 2.60. The molecule has 1 fully saturated rings. The lowest BCUT2D eigenvalue weighted by Gasteiger charge is -2.27. The van der Waals surface area contributed by atoms with E-state index in [1.807, 2.05) is 13.8 Å². The lowest BCUT2D eigenvalue weighted by atomic mass is 10.0. The fourth-order valence-corrected chi connectivity index (χ4v) is 1.66. The number of ether oxygens (including phenoxy) is 1. The Morgan fingerprint density at radius 3 is 2.56 bits per heavy atom. The molecule has 16 heavy (non-hydrogen) atoms. The minimum atomic E-state index is -0.924. The summed E-state index contributed by atoms with van der Waals surface area (Å²) in [5.41, 5.74) is 0. The molecule has 0 aromatic heterocycles. The second-order valence-corrected chi connectivity index (χ2v) is 4.26. The SMILES string of the molecule is CC(C)NC(=O)N(C)C1COCC1C(=O)O. The molecule has 0 spiro atoms. The van der Waals surface area contributed by atoms with Crippen LogP contribution in [-0.4, -0.2) is 54.4 Å². The smallest absolute Gasteiger partial charge is 0.317 e. The summed E-state index contributed by atoms with van der Waals surface area (Å²) in [7, 11) is 1.59. The number of rotatable bonds is 3. The van der Waals surface area contributed by atoms with Crippen molar-refractivity contribution in [2.24, 2.45) is 5.92 Å². The van der Waals surface area contributed by atoms with Crippen molar-refractivity contribution < 1.29 is 19.4 Å². The van der Waals surface area contributed by atoms with Gasteiger partial charge in [0.1, 0.15) is 5.92 Å². The first-order valence-corrected chi connectivity index (χ1v) is 5.27. The Bertz CT molecular complexity index is 280. The number of nitrogens with zero attached hydrogens (tertiary/aromatic N) is 1. The molecule has 1 heterocycles. The molecule has 6 heteroatoms. The van der Waals surface area contributed by atoms with Crippen LogP contribution in [0.15, 0.2) is 0 Å². The molecule has 2 atom stereocenters. The van der Waals surface area contributed by atoms with Crippen LogP contribution in [0, 0.1) is 5.92 Å². The van der Waals surface area contributed by atoms with E-state index in [1.165, 1.54) is 4.90 Å². The number of aliphatic carboxylic acids is 1. The van der Waals surface area contributed by atoms with E-state index in [2.05, 4.69) is 5.32 Å². The maximum absolute atomic E-state index is 11.7. The number of likely N-dealkylation sites (N-methyl/N-ethyl adjacent to an activating group) is 1. The zero-order valence-corrected chi connectivity index (χ0v) is 9.77. The number of carbonyl (C=O) groups is 2. The average molecular weight is 230 g/mol. The van der Waals surface area contributed by atoms with Crippen LogP contribution in [0.4, 0.5) is 4.79 Å². The molecule has 0 aromatic rings. The van der Waals surface area contributed by atoms with Gasteiger partial charge in [-0.05, 0) is 13.8 Å². The summed E-state index contributed by atoms with van der Waals surface area (Å²) in [5, 5.41) is 11.7. The predicted octanol–water partition coefficient (Wildman–Crippen LogP) is 0.136. The van der Waals surface area contributed by atoms with Crippen molar-refractivity contribution in [2.75, 3.05) is 20.3 Å². The summed E-state index contributed by atoms with van der Waals surface area (Å²) < 4.78 is 5.10. The van der Waals surface area contributed by atoms with E-state index in [0.717, 1.165) is 0 Å². The number of carbonyl (C=O) groups excluding carboxylic acids is 1. The molecule has 6 nitrogen and oxygen atoms in total. The molecule has 1 rings (SSSR count). The summed E-state index contributed by atoms with van der Waals surface area (Å²) in [6.07, 6.45) is 0. The van der Waals surface area contributed by atoms with E-state index in [1.54, 1.807) is 7.05 Å². The van der Waals surface area contributed by atoms with Crippen LogP contribution in [0.3, 0.4) is 0 Å². The Hall–Kier alpha value is -1.30. The quantitative estimate of drug-likeness (QED) is 0.722. The van der Waals surface area contributed by atoms with Gasteiger partial charge in [-0.2, -0.15) is 0 Å². The Labute approximate surface area is 94.6 Å². The van der Waals surface area contributed by atoms with Crippen LogP contribution in [0.1, 0.15) is 13.8 Å². The highest BCUT2D eigenvalue weighted by molar-refractivity contribution is 5.77. The lowest BCUT2D eigenvalue weighted by molar-refractivity contribution is -0.142. The number of carboxylic acid groups (broad SMARTS) is 1. The van der Waals surface area contributed by atoms with E-state index < -0.39 is 17.9 Å². The van der Waals surface area contributed by atoms with Gasteiger partial charge in [0.25, 0.3) is 0 Å². The summed E-state index contributed by atoms with van der Waals surface area (Å²) in [6.45, 7) is 4.15. The molecule has 1 aliphatic rings. The van der Waals surface area contributed by atoms with Crippen LogP contribution in [0.25, 0.3) is 0 Å². The molecule has 0 aliphatic carbocycles. The maximum atomic E-state index is 11.7. The van der Waals surface area contributed by atoms with Gasteiger partial charge in [-0.1, -0.05) is 0 Å². The van der Waals surface area contributed by atoms with Crippen molar-refractivity contribution in [3.63, 3.8) is 0 Å². The van der Waals surface area contributed by atoms with Crippen molar-refractivity contribution in [2.45, 2.75) is 25.9 Å². The van der Waals surface area contributed by atoms with Crippen molar-refractivity contribution in [3.8, 4) is 0 Å². The molecule has 0 bridgehead atoms. The summed E-state index contributed by atoms with van der Waals surface area (Å²) in [4.78, 5) is 24.0. The van der Waals surface area contributed by atoms with Gasteiger partial charge in [0, 0.05) is 13.1 Å². The minimum Gasteiger partial charge on any atom is -0.481 e. The summed E-state index contributed by atoms with van der Waals surface area (Å²) in [5.74, 6) is -1.56. The number of hydrogen-bond donors (Lipinski definition) is 2. The molecule has 0 aromatic carbocycles. The van der Waals surface area contributed by atoms with E-state index in [0.29, 0.717) is 0 Å². The summed E-state index contributed by atoms with van der Waals surface area (Å²) in [6, 6.07) is -0.631. The third kappa shape index (κ3) is 2.85. The Morgan fingerprint density at radius 2 is 2.06 bits per heavy atom. The Balaban J connectivity index is 2.62.